The van der Waals surface area contributed by atoms with Crippen LogP contribution in [0, 0.1) is 5.82 Å². The minimum atomic E-state index is -0.561. The van der Waals surface area contributed by atoms with Crippen LogP contribution in [0.2, 0.25) is 0 Å². The number of fused-ring (bicyclic) bond motifs is 1. The van der Waals surface area contributed by atoms with Crippen molar-refractivity contribution in [2.75, 3.05) is 13.1 Å². The normalized spacial score (nSPS) is 18.7. The molecule has 3 aromatic rings. The molecule has 1 aromatic carbocycles. The quantitative estimate of drug-likeness (QED) is 0.775. The van der Waals surface area contributed by atoms with Crippen LogP contribution in [0.25, 0.3) is 5.78 Å². The van der Waals surface area contributed by atoms with Gasteiger partial charge in [-0.25, -0.2) is 13.9 Å². The molecule has 1 fully saturated rings. The monoisotopic (exact) mass is 326 g/mol. The van der Waals surface area contributed by atoms with Gasteiger partial charge in [0.25, 0.3) is 5.78 Å². The summed E-state index contributed by atoms with van der Waals surface area (Å²) in [5, 5.41) is 7.20. The second-order valence-electron chi connectivity index (χ2n) is 5.61. The van der Waals surface area contributed by atoms with Gasteiger partial charge in [0.05, 0.1) is 6.54 Å². The first-order chi connectivity index (χ1) is 11.7. The van der Waals surface area contributed by atoms with Crippen LogP contribution in [0.15, 0.2) is 42.7 Å². The molecular formula is C16H15FN6O. The Kier molecular flexibility index (Phi) is 3.66. The Morgan fingerprint density at radius 3 is 3.08 bits per heavy atom. The summed E-state index contributed by atoms with van der Waals surface area (Å²) in [6.45, 7) is 1.56. The Hall–Kier alpha value is -2.87. The van der Waals surface area contributed by atoms with Crippen molar-refractivity contribution in [1.82, 2.24) is 29.8 Å². The third kappa shape index (κ3) is 2.71. The smallest absolute Gasteiger partial charge is 0.252 e. The molecule has 1 aliphatic rings. The fraction of sp³-hybridized carbons (Fsp3) is 0.250. The number of carbonyl (C=O) groups excluding carboxylic acids is 1. The molecule has 24 heavy (non-hydrogen) atoms. The van der Waals surface area contributed by atoms with Crippen molar-refractivity contribution in [3.05, 3.63) is 59.9 Å². The lowest BCUT2D eigenvalue weighted by Crippen LogP contribution is -2.49. The van der Waals surface area contributed by atoms with Crippen LogP contribution in [-0.2, 0) is 11.3 Å². The molecule has 1 amide bonds. The molecule has 3 heterocycles. The van der Waals surface area contributed by atoms with E-state index in [1.54, 1.807) is 35.1 Å². The first-order valence-corrected chi connectivity index (χ1v) is 7.64. The standard InChI is InChI=1S/C16H15FN6O/c17-12-4-1-3-11(9-12)14-15(24)18-6-8-22(14)10-13-20-16-19-5-2-7-23(16)21-13/h1-5,7,9,14H,6,8,10H2,(H,18,24). The SMILES string of the molecule is O=C1NCCN(Cc2nc3ncccn3n2)C1c1cccc(F)c1. The maximum Gasteiger partial charge on any atom is 0.252 e. The van der Waals surface area contributed by atoms with Crippen molar-refractivity contribution in [3.8, 4) is 0 Å². The van der Waals surface area contributed by atoms with Crippen molar-refractivity contribution >= 4 is 11.7 Å². The van der Waals surface area contributed by atoms with Crippen molar-refractivity contribution in [2.24, 2.45) is 0 Å². The van der Waals surface area contributed by atoms with E-state index in [4.69, 9.17) is 0 Å². The van der Waals surface area contributed by atoms with Crippen molar-refractivity contribution in [2.45, 2.75) is 12.6 Å². The average molecular weight is 326 g/mol. The Morgan fingerprint density at radius 1 is 1.33 bits per heavy atom. The lowest BCUT2D eigenvalue weighted by Gasteiger charge is -2.34. The zero-order valence-electron chi connectivity index (χ0n) is 12.8. The summed E-state index contributed by atoms with van der Waals surface area (Å²) in [5.74, 6) is 0.579. The van der Waals surface area contributed by atoms with E-state index < -0.39 is 6.04 Å². The number of amides is 1. The summed E-state index contributed by atoms with van der Waals surface area (Å²) in [7, 11) is 0. The predicted octanol–water partition coefficient (Wildman–Crippen LogP) is 0.936. The van der Waals surface area contributed by atoms with Crippen molar-refractivity contribution in [1.29, 1.82) is 0 Å². The molecule has 1 saturated heterocycles. The molecule has 0 aliphatic carbocycles. The highest BCUT2D eigenvalue weighted by molar-refractivity contribution is 5.83. The first-order valence-electron chi connectivity index (χ1n) is 7.64. The number of piperazine rings is 1. The molecule has 1 N–H and O–H groups in total. The van der Waals surface area contributed by atoms with Gasteiger partial charge in [0.1, 0.15) is 11.9 Å². The summed E-state index contributed by atoms with van der Waals surface area (Å²) in [6.07, 6.45) is 3.42. The van der Waals surface area contributed by atoms with E-state index in [9.17, 15) is 9.18 Å². The summed E-state index contributed by atoms with van der Waals surface area (Å²) >= 11 is 0. The highest BCUT2D eigenvalue weighted by atomic mass is 19.1. The highest BCUT2D eigenvalue weighted by Gasteiger charge is 2.32. The van der Waals surface area contributed by atoms with Crippen LogP contribution in [0.5, 0.6) is 0 Å². The molecule has 8 heteroatoms. The second kappa shape index (κ2) is 5.97. The largest absolute Gasteiger partial charge is 0.353 e. The summed E-state index contributed by atoms with van der Waals surface area (Å²) in [5.41, 5.74) is 0.620. The van der Waals surface area contributed by atoms with Gasteiger partial charge in [0, 0.05) is 25.5 Å². The highest BCUT2D eigenvalue weighted by Crippen LogP contribution is 2.25. The molecule has 0 spiro atoms. The van der Waals surface area contributed by atoms with Crippen LogP contribution in [-0.4, -0.2) is 43.5 Å². The number of halogens is 1. The number of benzene rings is 1. The van der Waals surface area contributed by atoms with Crippen molar-refractivity contribution in [3.63, 3.8) is 0 Å². The Morgan fingerprint density at radius 2 is 2.25 bits per heavy atom. The van der Waals surface area contributed by atoms with Gasteiger partial charge in [0.2, 0.25) is 5.91 Å². The topological polar surface area (TPSA) is 75.4 Å². The molecule has 1 atom stereocenters. The molecule has 0 saturated carbocycles. The molecule has 1 unspecified atom stereocenters. The molecule has 0 radical (unpaired) electrons. The maximum absolute atomic E-state index is 13.6. The van der Waals surface area contributed by atoms with E-state index in [0.717, 1.165) is 0 Å². The van der Waals surface area contributed by atoms with Gasteiger partial charge < -0.3 is 5.32 Å². The summed E-state index contributed by atoms with van der Waals surface area (Å²) in [6, 6.07) is 7.33. The second-order valence-corrected chi connectivity index (χ2v) is 5.61. The molecule has 2 aromatic heterocycles. The van der Waals surface area contributed by atoms with Crippen molar-refractivity contribution < 1.29 is 9.18 Å². The zero-order chi connectivity index (χ0) is 16.5. The first kappa shape index (κ1) is 14.7. The summed E-state index contributed by atoms with van der Waals surface area (Å²) in [4.78, 5) is 22.8. The minimum Gasteiger partial charge on any atom is -0.353 e. The number of nitrogens with one attached hydrogen (secondary N) is 1. The molecule has 0 bridgehead atoms. The third-order valence-corrected chi connectivity index (χ3v) is 3.98. The average Bonchev–Trinajstić information content (AvgIpc) is 2.97. The molecular weight excluding hydrogens is 311 g/mol. The maximum atomic E-state index is 13.6. The Balaban J connectivity index is 1.65. The number of aromatic nitrogens is 4. The fourth-order valence-electron chi connectivity index (χ4n) is 2.95. The van der Waals surface area contributed by atoms with Gasteiger partial charge in [-0.15, -0.1) is 5.10 Å². The Bertz CT molecular complexity index is 862. The number of hydrogen-bond donors (Lipinski definition) is 1. The van der Waals surface area contributed by atoms with Crippen LogP contribution < -0.4 is 5.32 Å². The Labute approximate surface area is 137 Å². The summed E-state index contributed by atoms with van der Waals surface area (Å²) < 4.78 is 15.2. The van der Waals surface area contributed by atoms with Crippen LogP contribution in [0.1, 0.15) is 17.4 Å². The number of carbonyl (C=O) groups is 1. The van der Waals surface area contributed by atoms with E-state index in [1.165, 1.54) is 12.1 Å². The van der Waals surface area contributed by atoms with E-state index in [1.807, 2.05) is 4.90 Å². The van der Waals surface area contributed by atoms with E-state index in [2.05, 4.69) is 20.4 Å². The number of nitrogens with zero attached hydrogens (tertiary/aromatic N) is 5. The zero-order valence-corrected chi connectivity index (χ0v) is 12.8. The van der Waals surface area contributed by atoms with Gasteiger partial charge in [-0.3, -0.25) is 9.69 Å². The number of rotatable bonds is 3. The molecule has 1 aliphatic heterocycles. The minimum absolute atomic E-state index is 0.145. The lowest BCUT2D eigenvalue weighted by molar-refractivity contribution is -0.129. The third-order valence-electron chi connectivity index (χ3n) is 3.98. The predicted molar refractivity (Wildman–Crippen MR) is 83.3 cm³/mol. The molecule has 4 rings (SSSR count). The lowest BCUT2D eigenvalue weighted by atomic mass is 10.0. The van der Waals surface area contributed by atoms with Crippen LogP contribution in [0.4, 0.5) is 4.39 Å². The van der Waals surface area contributed by atoms with Crippen LogP contribution in [0.3, 0.4) is 0 Å². The van der Waals surface area contributed by atoms with Gasteiger partial charge in [-0.05, 0) is 23.8 Å². The number of hydrogen-bond acceptors (Lipinski definition) is 5. The molecule has 122 valence electrons. The van der Waals surface area contributed by atoms with Gasteiger partial charge in [-0.1, -0.05) is 12.1 Å². The molecule has 7 nitrogen and oxygen atoms in total. The van der Waals surface area contributed by atoms with E-state index >= 15 is 0 Å². The van der Waals surface area contributed by atoms with Gasteiger partial charge in [-0.2, -0.15) is 4.98 Å². The van der Waals surface area contributed by atoms with Gasteiger partial charge >= 0.3 is 0 Å². The van der Waals surface area contributed by atoms with E-state index in [0.29, 0.717) is 36.8 Å². The van der Waals surface area contributed by atoms with E-state index in [-0.39, 0.29) is 11.7 Å². The van der Waals surface area contributed by atoms with Crippen LogP contribution >= 0.6 is 0 Å². The van der Waals surface area contributed by atoms with Gasteiger partial charge in [0.15, 0.2) is 5.82 Å². The fourth-order valence-corrected chi connectivity index (χ4v) is 2.95.